The van der Waals surface area contributed by atoms with Gasteiger partial charge < -0.3 is 14.5 Å². The molecule has 1 amide bonds. The summed E-state index contributed by atoms with van der Waals surface area (Å²) in [7, 11) is 1.31. The first kappa shape index (κ1) is 19.7. The van der Waals surface area contributed by atoms with Gasteiger partial charge in [0.05, 0.1) is 11.0 Å². The van der Waals surface area contributed by atoms with Crippen molar-refractivity contribution in [1.82, 2.24) is 19.1 Å². The third kappa shape index (κ3) is 3.54. The number of carbonyl (C=O) groups excluding carboxylic acids is 1. The van der Waals surface area contributed by atoms with Crippen molar-refractivity contribution in [2.75, 3.05) is 5.32 Å². The molecule has 0 aliphatic carbocycles. The maximum absolute atomic E-state index is 13.2. The summed E-state index contributed by atoms with van der Waals surface area (Å²) in [5.41, 5.74) is 1.59. The van der Waals surface area contributed by atoms with Gasteiger partial charge in [0.2, 0.25) is 5.82 Å². The summed E-state index contributed by atoms with van der Waals surface area (Å²) in [5.74, 6) is -0.667. The van der Waals surface area contributed by atoms with Gasteiger partial charge in [-0.15, -0.1) is 0 Å². The van der Waals surface area contributed by atoms with Crippen molar-refractivity contribution in [2.24, 2.45) is 7.05 Å². The van der Waals surface area contributed by atoms with E-state index in [2.05, 4.69) is 15.3 Å². The van der Waals surface area contributed by atoms with E-state index < -0.39 is 18.0 Å². The quantitative estimate of drug-likeness (QED) is 0.542. The average molecular weight is 413 g/mol. The molecule has 2 aromatic heterocycles. The highest BCUT2D eigenvalue weighted by Crippen LogP contribution is 2.31. The number of nitrogens with one attached hydrogen (secondary N) is 1. The Kier molecular flexibility index (Phi) is 4.81. The lowest BCUT2D eigenvalue weighted by Gasteiger charge is -2.20. The second kappa shape index (κ2) is 7.33. The first-order chi connectivity index (χ1) is 14.3. The predicted octanol–water partition coefficient (Wildman–Crippen LogP) is 4.33. The summed E-state index contributed by atoms with van der Waals surface area (Å²) in [6.45, 7) is 1.79. The summed E-state index contributed by atoms with van der Waals surface area (Å²) >= 11 is 0. The number of imidazole rings is 2. The van der Waals surface area contributed by atoms with E-state index in [4.69, 9.17) is 0 Å². The second-order valence-electron chi connectivity index (χ2n) is 6.88. The lowest BCUT2D eigenvalue weighted by molar-refractivity contribution is -0.146. The lowest BCUT2D eigenvalue weighted by atomic mass is 10.1. The number of aryl methyl sites for hydroxylation is 2. The highest BCUT2D eigenvalue weighted by atomic mass is 19.4. The molecule has 0 unspecified atom stereocenters. The van der Waals surface area contributed by atoms with E-state index in [9.17, 15) is 18.0 Å². The largest absolute Gasteiger partial charge is 0.449 e. The van der Waals surface area contributed by atoms with Gasteiger partial charge >= 0.3 is 6.18 Å². The van der Waals surface area contributed by atoms with Gasteiger partial charge in [-0.3, -0.25) is 4.79 Å². The molecule has 0 radical (unpaired) electrons. The number of rotatable bonds is 4. The lowest BCUT2D eigenvalue weighted by Crippen LogP contribution is -2.27. The molecule has 0 bridgehead atoms. The smallest absolute Gasteiger partial charge is 0.324 e. The minimum absolute atomic E-state index is 0.151. The number of nitrogens with zero attached hydrogens (tertiary/aromatic N) is 4. The topological polar surface area (TPSA) is 64.7 Å². The minimum atomic E-state index is -4.56. The Morgan fingerprint density at radius 2 is 1.87 bits per heavy atom. The van der Waals surface area contributed by atoms with Crippen molar-refractivity contribution in [2.45, 2.75) is 19.1 Å². The Morgan fingerprint density at radius 3 is 2.50 bits per heavy atom. The SMILES string of the molecule is Cc1nccn1[C@@H](C(=O)Nc1ccc2c(c1)nc(C(F)(F)F)n2C)c1ccccc1. The van der Waals surface area contributed by atoms with Gasteiger partial charge in [0.1, 0.15) is 11.9 Å². The zero-order valence-electron chi connectivity index (χ0n) is 16.2. The Morgan fingerprint density at radius 1 is 1.13 bits per heavy atom. The van der Waals surface area contributed by atoms with Gasteiger partial charge in [0, 0.05) is 25.1 Å². The summed E-state index contributed by atoms with van der Waals surface area (Å²) in [5, 5.41) is 2.80. The van der Waals surface area contributed by atoms with Gasteiger partial charge in [-0.25, -0.2) is 9.97 Å². The Labute approximate surface area is 170 Å². The normalized spacial score (nSPS) is 12.8. The minimum Gasteiger partial charge on any atom is -0.324 e. The molecular weight excluding hydrogens is 395 g/mol. The van der Waals surface area contributed by atoms with Crippen LogP contribution in [0.15, 0.2) is 60.9 Å². The Bertz CT molecular complexity index is 1210. The van der Waals surface area contributed by atoms with Gasteiger partial charge in [-0.05, 0) is 30.7 Å². The molecule has 154 valence electrons. The summed E-state index contributed by atoms with van der Waals surface area (Å²) in [6.07, 6.45) is -1.24. The molecule has 4 rings (SSSR count). The van der Waals surface area contributed by atoms with Crippen molar-refractivity contribution in [1.29, 1.82) is 0 Å². The number of hydrogen-bond donors (Lipinski definition) is 1. The van der Waals surface area contributed by atoms with Crippen LogP contribution in [0.4, 0.5) is 18.9 Å². The molecule has 0 aliphatic heterocycles. The average Bonchev–Trinajstić information content (AvgIpc) is 3.26. The standard InChI is InChI=1S/C21H18F3N5O/c1-13-25-10-11-29(13)18(14-6-4-3-5-7-14)19(30)26-15-8-9-17-16(12-15)27-20(28(17)2)21(22,23)24/h3-12,18H,1-2H3,(H,26,30)/t18-/m1/s1. The van der Waals surface area contributed by atoms with Gasteiger partial charge in [0.25, 0.3) is 5.91 Å². The van der Waals surface area contributed by atoms with Crippen molar-refractivity contribution >= 4 is 22.6 Å². The molecule has 30 heavy (non-hydrogen) atoms. The molecule has 2 aromatic carbocycles. The maximum Gasteiger partial charge on any atom is 0.449 e. The molecular formula is C21H18F3N5O. The van der Waals surface area contributed by atoms with Crippen LogP contribution >= 0.6 is 0 Å². The zero-order chi connectivity index (χ0) is 21.5. The summed E-state index contributed by atoms with van der Waals surface area (Å²) in [6, 6.07) is 13.0. The number of amides is 1. The number of aromatic nitrogens is 4. The molecule has 0 saturated heterocycles. The fraction of sp³-hybridized carbons (Fsp3) is 0.190. The van der Waals surface area contributed by atoms with Crippen LogP contribution in [0.5, 0.6) is 0 Å². The number of hydrogen-bond acceptors (Lipinski definition) is 3. The van der Waals surface area contributed by atoms with E-state index in [0.29, 0.717) is 17.0 Å². The number of fused-ring (bicyclic) bond motifs is 1. The van der Waals surface area contributed by atoms with E-state index in [1.807, 2.05) is 30.3 Å². The van der Waals surface area contributed by atoms with E-state index in [1.165, 1.54) is 19.2 Å². The fourth-order valence-electron chi connectivity index (χ4n) is 3.48. The molecule has 1 N–H and O–H groups in total. The number of alkyl halides is 3. The number of anilines is 1. The van der Waals surface area contributed by atoms with Crippen molar-refractivity contribution in [3.8, 4) is 0 Å². The molecule has 0 saturated carbocycles. The number of benzene rings is 2. The van der Waals surface area contributed by atoms with Crippen LogP contribution in [-0.2, 0) is 18.0 Å². The molecule has 0 aliphatic rings. The van der Waals surface area contributed by atoms with Crippen molar-refractivity contribution in [3.05, 3.63) is 78.1 Å². The molecule has 0 fully saturated rings. The van der Waals surface area contributed by atoms with Gasteiger partial charge in [-0.1, -0.05) is 30.3 Å². The first-order valence-corrected chi connectivity index (χ1v) is 9.14. The maximum atomic E-state index is 13.2. The Hall–Kier alpha value is -3.62. The predicted molar refractivity (Wildman–Crippen MR) is 106 cm³/mol. The van der Waals surface area contributed by atoms with Crippen molar-refractivity contribution in [3.63, 3.8) is 0 Å². The number of carbonyl (C=O) groups is 1. The third-order valence-electron chi connectivity index (χ3n) is 4.91. The van der Waals surface area contributed by atoms with E-state index in [1.54, 1.807) is 30.0 Å². The van der Waals surface area contributed by atoms with E-state index >= 15 is 0 Å². The van der Waals surface area contributed by atoms with Gasteiger partial charge in [-0.2, -0.15) is 13.2 Å². The summed E-state index contributed by atoms with van der Waals surface area (Å²) < 4.78 is 42.1. The van der Waals surface area contributed by atoms with Crippen LogP contribution in [0, 0.1) is 6.92 Å². The molecule has 1 atom stereocenters. The number of halogens is 3. The Balaban J connectivity index is 1.69. The second-order valence-corrected chi connectivity index (χ2v) is 6.88. The molecule has 2 heterocycles. The molecule has 0 spiro atoms. The van der Waals surface area contributed by atoms with Crippen LogP contribution < -0.4 is 5.32 Å². The summed E-state index contributed by atoms with van der Waals surface area (Å²) in [4.78, 5) is 21.0. The molecule has 4 aromatic rings. The highest BCUT2D eigenvalue weighted by Gasteiger charge is 2.36. The zero-order valence-corrected chi connectivity index (χ0v) is 16.2. The highest BCUT2D eigenvalue weighted by molar-refractivity contribution is 5.97. The first-order valence-electron chi connectivity index (χ1n) is 9.14. The van der Waals surface area contributed by atoms with Crippen LogP contribution in [0.25, 0.3) is 11.0 Å². The fourth-order valence-corrected chi connectivity index (χ4v) is 3.48. The molecule has 6 nitrogen and oxygen atoms in total. The van der Waals surface area contributed by atoms with Crippen LogP contribution in [-0.4, -0.2) is 25.0 Å². The van der Waals surface area contributed by atoms with Gasteiger partial charge in [0.15, 0.2) is 0 Å². The van der Waals surface area contributed by atoms with Crippen LogP contribution in [0.3, 0.4) is 0 Å². The monoisotopic (exact) mass is 413 g/mol. The van der Waals surface area contributed by atoms with E-state index in [0.717, 1.165) is 10.1 Å². The third-order valence-corrected chi connectivity index (χ3v) is 4.91. The molecule has 9 heteroatoms. The van der Waals surface area contributed by atoms with Crippen molar-refractivity contribution < 1.29 is 18.0 Å². The van der Waals surface area contributed by atoms with Crippen LogP contribution in [0.1, 0.15) is 23.3 Å². The van der Waals surface area contributed by atoms with E-state index in [-0.39, 0.29) is 11.4 Å². The van der Waals surface area contributed by atoms with Crippen LogP contribution in [0.2, 0.25) is 0 Å².